The van der Waals surface area contributed by atoms with Gasteiger partial charge in [0.1, 0.15) is 11.2 Å². The SMILES string of the molecule is [2H]c1c([2H])c([2H])c(-c2cc(-c3c([2H])c([2H])c([2H])c([2H])c3[2H])cc(-c3c4ccccc4c(-c4ccc5oc6cc7ccccc7cc6c5c4)c4ccccc34)c2)c([2H])c1[2H]. The van der Waals surface area contributed by atoms with Crippen molar-refractivity contribution >= 4 is 54.3 Å². The molecule has 1 heterocycles. The number of rotatable bonds is 4. The smallest absolute Gasteiger partial charge is 0.136 e. The van der Waals surface area contributed by atoms with Gasteiger partial charge in [0.15, 0.2) is 0 Å². The van der Waals surface area contributed by atoms with Gasteiger partial charge in [-0.1, -0.05) is 139 Å². The van der Waals surface area contributed by atoms with E-state index in [1.165, 1.54) is 6.07 Å². The molecule has 1 heteroatoms. The Labute approximate surface area is 298 Å². The largest absolute Gasteiger partial charge is 0.456 e. The summed E-state index contributed by atoms with van der Waals surface area (Å²) in [6.07, 6.45) is 0. The molecule has 0 radical (unpaired) electrons. The van der Waals surface area contributed by atoms with E-state index in [0.29, 0.717) is 5.56 Å². The highest BCUT2D eigenvalue weighted by atomic mass is 16.3. The molecule has 0 fully saturated rings. The minimum atomic E-state index is -0.534. The van der Waals surface area contributed by atoms with Crippen LogP contribution in [0.5, 0.6) is 0 Å². The second-order valence-corrected chi connectivity index (χ2v) is 12.1. The molecule has 0 spiro atoms. The third-order valence-corrected chi connectivity index (χ3v) is 9.36. The van der Waals surface area contributed by atoms with E-state index in [0.717, 1.165) is 70.9 Å². The lowest BCUT2D eigenvalue weighted by Gasteiger charge is -2.19. The van der Waals surface area contributed by atoms with Crippen molar-refractivity contribution < 1.29 is 18.1 Å². The molecule has 49 heavy (non-hydrogen) atoms. The summed E-state index contributed by atoms with van der Waals surface area (Å²) in [7, 11) is 0. The van der Waals surface area contributed by atoms with Crippen LogP contribution in [-0.4, -0.2) is 0 Å². The first-order valence-corrected chi connectivity index (χ1v) is 16.0. The van der Waals surface area contributed by atoms with Crippen molar-refractivity contribution in [2.45, 2.75) is 0 Å². The molecule has 0 amide bonds. The third kappa shape index (κ3) is 4.55. The van der Waals surface area contributed by atoms with Crippen molar-refractivity contribution in [1.29, 1.82) is 0 Å². The Balaban J connectivity index is 1.30. The zero-order valence-electron chi connectivity index (χ0n) is 36.0. The second-order valence-electron chi connectivity index (χ2n) is 12.1. The van der Waals surface area contributed by atoms with E-state index in [9.17, 15) is 0 Å². The predicted octanol–water partition coefficient (Wildman–Crippen LogP) is 13.7. The number of benzene rings is 9. The maximum Gasteiger partial charge on any atom is 0.136 e. The van der Waals surface area contributed by atoms with Crippen LogP contribution in [0.3, 0.4) is 0 Å². The van der Waals surface area contributed by atoms with E-state index in [1.54, 1.807) is 12.1 Å². The molecule has 10 rings (SSSR count). The molecule has 0 unspecified atom stereocenters. The van der Waals surface area contributed by atoms with Crippen LogP contribution in [0, 0.1) is 0 Å². The molecule has 0 N–H and O–H groups in total. The Hall–Kier alpha value is -6.44. The summed E-state index contributed by atoms with van der Waals surface area (Å²) in [4.78, 5) is 0. The summed E-state index contributed by atoms with van der Waals surface area (Å²) in [6, 6.07) is 34.9. The van der Waals surface area contributed by atoms with E-state index >= 15 is 0 Å². The Morgan fingerprint density at radius 3 is 1.37 bits per heavy atom. The lowest BCUT2D eigenvalue weighted by molar-refractivity contribution is 0.669. The van der Waals surface area contributed by atoms with Crippen molar-refractivity contribution in [1.82, 2.24) is 0 Å². The summed E-state index contributed by atoms with van der Waals surface area (Å²) >= 11 is 0. The van der Waals surface area contributed by atoms with Crippen LogP contribution in [0.15, 0.2) is 186 Å². The maximum absolute atomic E-state index is 8.89. The van der Waals surface area contributed by atoms with Crippen molar-refractivity contribution in [2.75, 3.05) is 0 Å². The van der Waals surface area contributed by atoms with Crippen LogP contribution in [0.25, 0.3) is 98.8 Å². The average molecular weight is 633 g/mol. The second kappa shape index (κ2) is 11.1. The Kier molecular flexibility index (Phi) is 4.39. The van der Waals surface area contributed by atoms with Gasteiger partial charge in [0.05, 0.1) is 13.7 Å². The first-order chi connectivity index (χ1) is 28.4. The first-order valence-electron chi connectivity index (χ1n) is 21.0. The summed E-state index contributed by atoms with van der Waals surface area (Å²) in [5.74, 6) is 0. The fourth-order valence-electron chi connectivity index (χ4n) is 7.22. The van der Waals surface area contributed by atoms with Crippen LogP contribution in [0.2, 0.25) is 0 Å². The Bertz CT molecular complexity index is 3260. The maximum atomic E-state index is 8.89. The fourth-order valence-corrected chi connectivity index (χ4v) is 7.22. The van der Waals surface area contributed by atoms with Gasteiger partial charge in [0, 0.05) is 10.8 Å². The summed E-state index contributed by atoms with van der Waals surface area (Å²) in [5.41, 5.74) is 5.22. The molecule has 1 nitrogen and oxygen atoms in total. The lowest BCUT2D eigenvalue weighted by atomic mass is 9.84. The normalized spacial score (nSPS) is 14.5. The van der Waals surface area contributed by atoms with E-state index in [2.05, 4.69) is 48.5 Å². The molecule has 0 bridgehead atoms. The van der Waals surface area contributed by atoms with Gasteiger partial charge < -0.3 is 4.42 Å². The highest BCUT2D eigenvalue weighted by molar-refractivity contribution is 6.22. The van der Waals surface area contributed by atoms with Crippen LogP contribution in [0.4, 0.5) is 0 Å². The van der Waals surface area contributed by atoms with E-state index in [1.807, 2.05) is 54.6 Å². The summed E-state index contributed by atoms with van der Waals surface area (Å²) in [6.45, 7) is 0. The molecule has 228 valence electrons. The molecule has 9 aromatic carbocycles. The predicted molar refractivity (Wildman–Crippen MR) is 208 cm³/mol. The van der Waals surface area contributed by atoms with Gasteiger partial charge in [-0.25, -0.2) is 0 Å². The molecular formula is C48H30O. The zero-order chi connectivity index (χ0) is 41.0. The van der Waals surface area contributed by atoms with Gasteiger partial charge in [0.2, 0.25) is 0 Å². The van der Waals surface area contributed by atoms with Gasteiger partial charge in [-0.3, -0.25) is 0 Å². The van der Waals surface area contributed by atoms with Crippen molar-refractivity contribution in [2.24, 2.45) is 0 Å². The quantitative estimate of drug-likeness (QED) is 0.176. The number of fused-ring (bicyclic) bond motifs is 6. The Morgan fingerprint density at radius 1 is 0.327 bits per heavy atom. The molecule has 1 aromatic heterocycles. The standard InChI is InChI=1S/C48H30O/c1-3-13-31(14-4-1)36-25-37(32-15-5-2-6-16-32)27-38(26-36)48-41-21-11-9-19-39(41)47(40-20-10-12-22-42(40)48)35-23-24-45-43(29-35)44-28-33-17-7-8-18-34(33)30-46(44)49-45/h1-30H/i1D,2D,3D,4D,5D,6D,13D,14D,15D,16D. The molecule has 0 saturated heterocycles. The third-order valence-electron chi connectivity index (χ3n) is 9.36. The molecule has 0 saturated carbocycles. The molecule has 0 atom stereocenters. The van der Waals surface area contributed by atoms with Crippen molar-refractivity contribution in [3.8, 4) is 44.5 Å². The number of furan rings is 1. The van der Waals surface area contributed by atoms with E-state index in [4.69, 9.17) is 18.1 Å². The van der Waals surface area contributed by atoms with Crippen LogP contribution in [-0.2, 0) is 0 Å². The van der Waals surface area contributed by atoms with Crippen LogP contribution < -0.4 is 0 Å². The van der Waals surface area contributed by atoms with Crippen LogP contribution >= 0.6 is 0 Å². The van der Waals surface area contributed by atoms with Crippen molar-refractivity contribution in [3.63, 3.8) is 0 Å². The minimum Gasteiger partial charge on any atom is -0.456 e. The minimum absolute atomic E-state index is 0.0647. The highest BCUT2D eigenvalue weighted by Gasteiger charge is 2.19. The van der Waals surface area contributed by atoms with Crippen LogP contribution in [0.1, 0.15) is 13.7 Å². The average Bonchev–Trinajstić information content (AvgIpc) is 3.61. The van der Waals surface area contributed by atoms with E-state index in [-0.39, 0.29) is 22.3 Å². The highest BCUT2D eigenvalue weighted by Crippen LogP contribution is 2.46. The fraction of sp³-hybridized carbons (Fsp3) is 0. The zero-order valence-corrected chi connectivity index (χ0v) is 26.0. The van der Waals surface area contributed by atoms with Gasteiger partial charge in [0.25, 0.3) is 0 Å². The molecule has 0 aliphatic rings. The van der Waals surface area contributed by atoms with Gasteiger partial charge in [-0.2, -0.15) is 0 Å². The molecule has 0 aliphatic carbocycles. The van der Waals surface area contributed by atoms with Gasteiger partial charge in [-0.15, -0.1) is 0 Å². The van der Waals surface area contributed by atoms with Gasteiger partial charge in [-0.05, 0) is 119 Å². The summed E-state index contributed by atoms with van der Waals surface area (Å²) in [5, 5.41) is 7.77. The molecule has 10 aromatic rings. The topological polar surface area (TPSA) is 13.1 Å². The lowest BCUT2D eigenvalue weighted by Crippen LogP contribution is -1.92. The number of hydrogen-bond donors (Lipinski definition) is 0. The van der Waals surface area contributed by atoms with Crippen molar-refractivity contribution in [3.05, 3.63) is 182 Å². The summed E-state index contributed by atoms with van der Waals surface area (Å²) < 4.78 is 92.3. The molecular weight excluding hydrogens is 593 g/mol. The van der Waals surface area contributed by atoms with E-state index < -0.39 is 60.4 Å². The van der Waals surface area contributed by atoms with Gasteiger partial charge >= 0.3 is 0 Å². The Morgan fingerprint density at radius 2 is 0.796 bits per heavy atom. The molecule has 0 aliphatic heterocycles. The first kappa shape index (κ1) is 19.4. The monoisotopic (exact) mass is 632 g/mol. The number of hydrogen-bond acceptors (Lipinski definition) is 1.